The third-order valence-corrected chi connectivity index (χ3v) is 3.52. The first-order valence-electron chi connectivity index (χ1n) is 6.33. The van der Waals surface area contributed by atoms with E-state index >= 15 is 0 Å². The van der Waals surface area contributed by atoms with Gasteiger partial charge in [-0.15, -0.1) is 0 Å². The second kappa shape index (κ2) is 5.57. The van der Waals surface area contributed by atoms with E-state index in [2.05, 4.69) is 39.1 Å². The number of fused-ring (bicyclic) bond motifs is 1. The number of aliphatic imine (C=N–C) groups is 1. The maximum absolute atomic E-state index is 5.83. The summed E-state index contributed by atoms with van der Waals surface area (Å²) in [5, 5.41) is 0.981. The number of rotatable bonds is 3. The van der Waals surface area contributed by atoms with E-state index in [4.69, 9.17) is 4.74 Å². The average Bonchev–Trinajstić information content (AvgIpc) is 2.83. The number of alkyl halides is 1. The predicted octanol–water partition coefficient (Wildman–Crippen LogP) is 4.29. The molecule has 1 aliphatic rings. The largest absolute Gasteiger partial charge is 0.443 e. The van der Waals surface area contributed by atoms with Crippen LogP contribution in [0.2, 0.25) is 0 Å². The minimum absolute atomic E-state index is 0.773. The third-order valence-electron chi connectivity index (χ3n) is 3.12. The van der Waals surface area contributed by atoms with Gasteiger partial charge < -0.3 is 4.74 Å². The molecule has 96 valence electrons. The number of benzene rings is 2. The van der Waals surface area contributed by atoms with Gasteiger partial charge in [0.25, 0.3) is 0 Å². The Kier molecular flexibility index (Phi) is 3.65. The summed E-state index contributed by atoms with van der Waals surface area (Å²) < 4.78 is 5.83. The standard InChI is InChI=1S/C16H14BrNO/c17-10-9-12-5-7-14(8-6-12)19-16-11-13-3-1-2-4-15(13)18-16/h1-8H,9-11H2. The molecule has 1 heterocycles. The van der Waals surface area contributed by atoms with E-state index in [9.17, 15) is 0 Å². The molecule has 0 saturated carbocycles. The highest BCUT2D eigenvalue weighted by Crippen LogP contribution is 2.27. The van der Waals surface area contributed by atoms with Crippen LogP contribution in [0, 0.1) is 0 Å². The molecule has 2 aromatic rings. The molecule has 2 nitrogen and oxygen atoms in total. The Balaban J connectivity index is 1.70. The van der Waals surface area contributed by atoms with Crippen molar-refractivity contribution in [2.45, 2.75) is 12.8 Å². The maximum atomic E-state index is 5.83. The Hall–Kier alpha value is -1.61. The third kappa shape index (κ3) is 2.87. The molecule has 0 aliphatic carbocycles. The Labute approximate surface area is 121 Å². The van der Waals surface area contributed by atoms with Gasteiger partial charge in [-0.2, -0.15) is 0 Å². The fourth-order valence-corrected chi connectivity index (χ4v) is 2.59. The van der Waals surface area contributed by atoms with Crippen LogP contribution in [0.25, 0.3) is 0 Å². The molecule has 0 radical (unpaired) electrons. The summed E-state index contributed by atoms with van der Waals surface area (Å²) in [6.07, 6.45) is 1.81. The minimum Gasteiger partial charge on any atom is -0.443 e. The number of hydrogen-bond donors (Lipinski definition) is 0. The molecule has 0 N–H and O–H groups in total. The van der Waals surface area contributed by atoms with E-state index in [0.717, 1.165) is 35.5 Å². The van der Waals surface area contributed by atoms with Crippen molar-refractivity contribution in [1.29, 1.82) is 0 Å². The van der Waals surface area contributed by atoms with E-state index in [1.54, 1.807) is 0 Å². The summed E-state index contributed by atoms with van der Waals surface area (Å²) in [7, 11) is 0. The molecule has 0 spiro atoms. The zero-order chi connectivity index (χ0) is 13.1. The average molecular weight is 316 g/mol. The summed E-state index contributed by atoms with van der Waals surface area (Å²) in [5.74, 6) is 1.62. The van der Waals surface area contributed by atoms with Crippen molar-refractivity contribution in [3.05, 3.63) is 59.7 Å². The molecule has 0 unspecified atom stereocenters. The van der Waals surface area contributed by atoms with Crippen LogP contribution in [0.15, 0.2) is 53.5 Å². The van der Waals surface area contributed by atoms with E-state index in [0.29, 0.717) is 0 Å². The van der Waals surface area contributed by atoms with Crippen molar-refractivity contribution >= 4 is 27.5 Å². The monoisotopic (exact) mass is 315 g/mol. The molecule has 19 heavy (non-hydrogen) atoms. The number of para-hydroxylation sites is 1. The van der Waals surface area contributed by atoms with Gasteiger partial charge in [0.1, 0.15) is 5.75 Å². The fraction of sp³-hybridized carbons (Fsp3) is 0.188. The smallest absolute Gasteiger partial charge is 0.199 e. The Morgan fingerprint density at radius 2 is 1.84 bits per heavy atom. The predicted molar refractivity (Wildman–Crippen MR) is 81.8 cm³/mol. The lowest BCUT2D eigenvalue weighted by molar-refractivity contribution is 0.542. The number of ether oxygens (including phenoxy) is 1. The zero-order valence-electron chi connectivity index (χ0n) is 10.5. The van der Waals surface area contributed by atoms with E-state index in [1.165, 1.54) is 11.1 Å². The van der Waals surface area contributed by atoms with Gasteiger partial charge in [0.2, 0.25) is 0 Å². The fourth-order valence-electron chi connectivity index (χ4n) is 2.13. The second-order valence-electron chi connectivity index (χ2n) is 4.50. The van der Waals surface area contributed by atoms with Crippen LogP contribution < -0.4 is 4.74 Å². The van der Waals surface area contributed by atoms with E-state index < -0.39 is 0 Å². The summed E-state index contributed by atoms with van der Waals surface area (Å²) in [5.41, 5.74) is 3.56. The van der Waals surface area contributed by atoms with Crippen LogP contribution in [0.5, 0.6) is 5.75 Å². The van der Waals surface area contributed by atoms with Crippen molar-refractivity contribution in [3.8, 4) is 5.75 Å². The number of hydrogen-bond acceptors (Lipinski definition) is 2. The molecule has 3 heteroatoms. The highest BCUT2D eigenvalue weighted by atomic mass is 79.9. The SMILES string of the molecule is BrCCc1ccc(OC2=Nc3ccccc3C2)cc1. The first-order chi connectivity index (χ1) is 9.35. The summed E-state index contributed by atoms with van der Waals surface area (Å²) in [4.78, 5) is 4.49. The van der Waals surface area contributed by atoms with Crippen LogP contribution in [0.4, 0.5) is 5.69 Å². The molecule has 3 rings (SSSR count). The van der Waals surface area contributed by atoms with Crippen LogP contribution in [0.1, 0.15) is 11.1 Å². The van der Waals surface area contributed by atoms with Gasteiger partial charge in [0.05, 0.1) is 12.1 Å². The van der Waals surface area contributed by atoms with Gasteiger partial charge in [0, 0.05) is 5.33 Å². The topological polar surface area (TPSA) is 21.6 Å². The summed E-state index contributed by atoms with van der Waals surface area (Å²) in [6, 6.07) is 16.3. The van der Waals surface area contributed by atoms with Gasteiger partial charge in [-0.05, 0) is 35.7 Å². The highest BCUT2D eigenvalue weighted by Gasteiger charge is 2.15. The van der Waals surface area contributed by atoms with Crippen molar-refractivity contribution in [3.63, 3.8) is 0 Å². The van der Waals surface area contributed by atoms with Gasteiger partial charge >= 0.3 is 0 Å². The number of aryl methyl sites for hydroxylation is 1. The van der Waals surface area contributed by atoms with Gasteiger partial charge in [-0.25, -0.2) is 4.99 Å². The van der Waals surface area contributed by atoms with Gasteiger partial charge in [-0.3, -0.25) is 0 Å². The van der Waals surface area contributed by atoms with E-state index in [1.807, 2.05) is 30.3 Å². The number of nitrogens with zero attached hydrogens (tertiary/aromatic N) is 1. The molecule has 1 aliphatic heterocycles. The molecule has 2 aromatic carbocycles. The second-order valence-corrected chi connectivity index (χ2v) is 5.29. The van der Waals surface area contributed by atoms with Crippen molar-refractivity contribution in [1.82, 2.24) is 0 Å². The lowest BCUT2D eigenvalue weighted by atomic mass is 10.1. The van der Waals surface area contributed by atoms with Crippen LogP contribution in [-0.2, 0) is 12.8 Å². The maximum Gasteiger partial charge on any atom is 0.199 e. The van der Waals surface area contributed by atoms with Crippen LogP contribution in [-0.4, -0.2) is 11.2 Å². The molecule has 0 amide bonds. The zero-order valence-corrected chi connectivity index (χ0v) is 12.1. The molecule has 0 fully saturated rings. The van der Waals surface area contributed by atoms with Crippen molar-refractivity contribution < 1.29 is 4.74 Å². The first-order valence-corrected chi connectivity index (χ1v) is 7.45. The molecular formula is C16H14BrNO. The molecular weight excluding hydrogens is 302 g/mol. The minimum atomic E-state index is 0.773. The first kappa shape index (κ1) is 12.4. The van der Waals surface area contributed by atoms with Gasteiger partial charge in [0.15, 0.2) is 5.90 Å². The van der Waals surface area contributed by atoms with Crippen molar-refractivity contribution in [2.24, 2.45) is 4.99 Å². The Morgan fingerprint density at radius 3 is 2.58 bits per heavy atom. The lowest BCUT2D eigenvalue weighted by Gasteiger charge is -2.05. The lowest BCUT2D eigenvalue weighted by Crippen LogP contribution is -2.07. The highest BCUT2D eigenvalue weighted by molar-refractivity contribution is 9.09. The quantitative estimate of drug-likeness (QED) is 0.774. The molecule has 0 atom stereocenters. The van der Waals surface area contributed by atoms with Crippen LogP contribution in [0.3, 0.4) is 0 Å². The Morgan fingerprint density at radius 1 is 1.05 bits per heavy atom. The summed E-state index contributed by atoms with van der Waals surface area (Å²) >= 11 is 3.44. The van der Waals surface area contributed by atoms with Crippen LogP contribution >= 0.6 is 15.9 Å². The molecule has 0 aromatic heterocycles. The normalized spacial score (nSPS) is 13.0. The molecule has 0 bridgehead atoms. The van der Waals surface area contributed by atoms with E-state index in [-0.39, 0.29) is 0 Å². The summed E-state index contributed by atoms with van der Waals surface area (Å²) in [6.45, 7) is 0. The van der Waals surface area contributed by atoms with Crippen molar-refractivity contribution in [2.75, 3.05) is 5.33 Å². The molecule has 0 saturated heterocycles. The Bertz CT molecular complexity index is 604. The van der Waals surface area contributed by atoms with Gasteiger partial charge in [-0.1, -0.05) is 46.3 Å². The number of halogens is 1.